The molecule has 2 saturated heterocycles. The van der Waals surface area contributed by atoms with Gasteiger partial charge in [-0.15, -0.1) is 0 Å². The Hall–Kier alpha value is -1.91. The first kappa shape index (κ1) is 18.5. The van der Waals surface area contributed by atoms with Crippen molar-refractivity contribution in [3.8, 4) is 0 Å². The van der Waals surface area contributed by atoms with Crippen LogP contribution in [0.25, 0.3) is 0 Å². The van der Waals surface area contributed by atoms with E-state index in [1.807, 2.05) is 0 Å². The number of nitrogens with zero attached hydrogens (tertiary/aromatic N) is 5. The second-order valence-electron chi connectivity index (χ2n) is 7.33. The third-order valence-electron chi connectivity index (χ3n) is 5.61. The lowest BCUT2D eigenvalue weighted by Crippen LogP contribution is -2.40. The van der Waals surface area contributed by atoms with Gasteiger partial charge < -0.3 is 4.52 Å². The van der Waals surface area contributed by atoms with Gasteiger partial charge in [-0.05, 0) is 19.9 Å². The molecule has 0 spiro atoms. The van der Waals surface area contributed by atoms with Crippen molar-refractivity contribution in [1.29, 1.82) is 0 Å². The van der Waals surface area contributed by atoms with Crippen molar-refractivity contribution in [1.82, 2.24) is 24.3 Å². The molecule has 0 amide bonds. The average Bonchev–Trinajstić information content (AvgIpc) is 3.29. The van der Waals surface area contributed by atoms with Gasteiger partial charge in [0, 0.05) is 50.4 Å². The number of rotatable bonds is 5. The highest BCUT2D eigenvalue weighted by Crippen LogP contribution is 2.45. The third kappa shape index (κ3) is 3.15. The fraction of sp³-hybridized carbons (Fsp3) is 0.588. The molecular formula is C17H22FN5O3S. The highest BCUT2D eigenvalue weighted by Gasteiger charge is 2.58. The molecule has 0 aromatic carbocycles. The number of likely N-dealkylation sites (tertiary alicyclic amines) is 1. The first-order valence-electron chi connectivity index (χ1n) is 8.93. The number of aromatic nitrogens is 3. The summed E-state index contributed by atoms with van der Waals surface area (Å²) in [6, 6.07) is 1.67. The Kier molecular flexibility index (Phi) is 4.52. The summed E-state index contributed by atoms with van der Waals surface area (Å²) >= 11 is 0. The van der Waals surface area contributed by atoms with E-state index in [1.54, 1.807) is 26.1 Å². The molecule has 2 aromatic rings. The van der Waals surface area contributed by atoms with Gasteiger partial charge in [0.1, 0.15) is 5.82 Å². The molecule has 2 aliphatic rings. The summed E-state index contributed by atoms with van der Waals surface area (Å²) in [4.78, 5) is 10.3. The van der Waals surface area contributed by atoms with Gasteiger partial charge in [0.05, 0.1) is 17.4 Å². The predicted molar refractivity (Wildman–Crippen MR) is 94.7 cm³/mol. The number of pyridine rings is 1. The molecule has 0 bridgehead atoms. The minimum Gasteiger partial charge on any atom is -0.339 e. The van der Waals surface area contributed by atoms with E-state index in [0.29, 0.717) is 50.0 Å². The van der Waals surface area contributed by atoms with Crippen LogP contribution in [0, 0.1) is 18.7 Å². The SMILES string of the molecule is CCS(=O)(=O)N1C[C@@H]2CN(Cc3ccncc3F)C[C@]2(c2nc(C)no2)C1. The van der Waals surface area contributed by atoms with Gasteiger partial charge in [-0.25, -0.2) is 17.1 Å². The molecule has 10 heteroatoms. The number of hydrogen-bond acceptors (Lipinski definition) is 7. The first-order valence-corrected chi connectivity index (χ1v) is 10.5. The largest absolute Gasteiger partial charge is 0.339 e. The molecule has 4 rings (SSSR count). The Bertz CT molecular complexity index is 950. The maximum atomic E-state index is 14.0. The quantitative estimate of drug-likeness (QED) is 0.744. The van der Waals surface area contributed by atoms with Crippen molar-refractivity contribution in [2.75, 3.05) is 31.9 Å². The van der Waals surface area contributed by atoms with Crippen LogP contribution in [-0.4, -0.2) is 64.7 Å². The van der Waals surface area contributed by atoms with E-state index in [0.717, 1.165) is 0 Å². The summed E-state index contributed by atoms with van der Waals surface area (Å²) < 4.78 is 45.8. The Labute approximate surface area is 157 Å². The van der Waals surface area contributed by atoms with E-state index in [-0.39, 0.29) is 17.5 Å². The molecule has 0 radical (unpaired) electrons. The van der Waals surface area contributed by atoms with E-state index < -0.39 is 15.4 Å². The molecule has 27 heavy (non-hydrogen) atoms. The Morgan fingerprint density at radius 1 is 1.37 bits per heavy atom. The second-order valence-corrected chi connectivity index (χ2v) is 9.59. The summed E-state index contributed by atoms with van der Waals surface area (Å²) in [5, 5.41) is 3.91. The monoisotopic (exact) mass is 395 g/mol. The lowest BCUT2D eigenvalue weighted by molar-refractivity contribution is 0.242. The van der Waals surface area contributed by atoms with Crippen LogP contribution in [-0.2, 0) is 22.0 Å². The smallest absolute Gasteiger partial charge is 0.235 e. The average molecular weight is 395 g/mol. The minimum absolute atomic E-state index is 0.0172. The number of fused-ring (bicyclic) bond motifs is 1. The zero-order chi connectivity index (χ0) is 19.2. The van der Waals surface area contributed by atoms with Gasteiger partial charge in [-0.2, -0.15) is 4.98 Å². The zero-order valence-electron chi connectivity index (χ0n) is 15.3. The first-order chi connectivity index (χ1) is 12.8. The van der Waals surface area contributed by atoms with Crippen molar-refractivity contribution in [2.45, 2.75) is 25.8 Å². The summed E-state index contributed by atoms with van der Waals surface area (Å²) in [7, 11) is -3.31. The highest BCUT2D eigenvalue weighted by atomic mass is 32.2. The number of aryl methyl sites for hydroxylation is 1. The zero-order valence-corrected chi connectivity index (χ0v) is 16.1. The molecule has 0 aliphatic carbocycles. The normalized spacial score (nSPS) is 26.6. The molecule has 0 saturated carbocycles. The Morgan fingerprint density at radius 3 is 2.85 bits per heavy atom. The fourth-order valence-electron chi connectivity index (χ4n) is 4.21. The molecule has 2 fully saturated rings. The van der Waals surface area contributed by atoms with E-state index in [2.05, 4.69) is 20.0 Å². The van der Waals surface area contributed by atoms with Crippen molar-refractivity contribution in [2.24, 2.45) is 5.92 Å². The van der Waals surface area contributed by atoms with E-state index in [4.69, 9.17) is 4.52 Å². The topological polar surface area (TPSA) is 92.4 Å². The highest BCUT2D eigenvalue weighted by molar-refractivity contribution is 7.89. The molecule has 2 atom stereocenters. The van der Waals surface area contributed by atoms with Crippen molar-refractivity contribution in [3.05, 3.63) is 41.6 Å². The lowest BCUT2D eigenvalue weighted by Gasteiger charge is -2.25. The number of hydrogen-bond donors (Lipinski definition) is 0. The lowest BCUT2D eigenvalue weighted by atomic mass is 9.81. The van der Waals surface area contributed by atoms with E-state index in [1.165, 1.54) is 10.5 Å². The van der Waals surface area contributed by atoms with Crippen LogP contribution >= 0.6 is 0 Å². The molecule has 0 unspecified atom stereocenters. The molecule has 0 N–H and O–H groups in total. The molecule has 2 aliphatic heterocycles. The maximum Gasteiger partial charge on any atom is 0.235 e. The number of sulfonamides is 1. The molecule has 2 aromatic heterocycles. The summed E-state index contributed by atoms with van der Waals surface area (Å²) in [6.07, 6.45) is 2.78. The maximum absolute atomic E-state index is 14.0. The van der Waals surface area contributed by atoms with Crippen molar-refractivity contribution >= 4 is 10.0 Å². The number of halogens is 1. The summed E-state index contributed by atoms with van der Waals surface area (Å²) in [5.41, 5.74) is 0.00683. The van der Waals surface area contributed by atoms with Crippen LogP contribution in [0.4, 0.5) is 4.39 Å². The summed E-state index contributed by atoms with van der Waals surface area (Å²) in [6.45, 7) is 5.71. The molecule has 4 heterocycles. The standard InChI is InChI=1S/C17H22FN5O3S/c1-3-27(24,25)23-9-14-8-22(7-13-4-5-19-6-15(13)18)10-17(14,11-23)16-20-12(2)21-26-16/h4-6,14H,3,7-11H2,1-2H3/t14-,17-/m0/s1. The van der Waals surface area contributed by atoms with E-state index in [9.17, 15) is 12.8 Å². The van der Waals surface area contributed by atoms with Gasteiger partial charge in [0.25, 0.3) is 0 Å². The van der Waals surface area contributed by atoms with Crippen LogP contribution in [0.1, 0.15) is 24.2 Å². The molecular weight excluding hydrogens is 373 g/mol. The van der Waals surface area contributed by atoms with Gasteiger partial charge >= 0.3 is 0 Å². The van der Waals surface area contributed by atoms with Gasteiger partial charge in [-0.1, -0.05) is 5.16 Å². The van der Waals surface area contributed by atoms with Crippen molar-refractivity contribution in [3.63, 3.8) is 0 Å². The van der Waals surface area contributed by atoms with Gasteiger partial charge in [0.15, 0.2) is 5.82 Å². The molecule has 146 valence electrons. The predicted octanol–water partition coefficient (Wildman–Crippen LogP) is 0.947. The van der Waals surface area contributed by atoms with Crippen LogP contribution < -0.4 is 0 Å². The summed E-state index contributed by atoms with van der Waals surface area (Å²) in [5.74, 6) is 0.728. The Balaban J connectivity index is 1.63. The molecule has 8 nitrogen and oxygen atoms in total. The van der Waals surface area contributed by atoms with Gasteiger partial charge in [-0.3, -0.25) is 9.88 Å². The van der Waals surface area contributed by atoms with Crippen LogP contribution in [0.2, 0.25) is 0 Å². The van der Waals surface area contributed by atoms with Crippen molar-refractivity contribution < 1.29 is 17.3 Å². The Morgan fingerprint density at radius 2 is 2.19 bits per heavy atom. The van der Waals surface area contributed by atoms with Crippen LogP contribution in [0.3, 0.4) is 0 Å². The van der Waals surface area contributed by atoms with Crippen LogP contribution in [0.15, 0.2) is 23.0 Å². The minimum atomic E-state index is -3.31. The van der Waals surface area contributed by atoms with E-state index >= 15 is 0 Å². The second kappa shape index (κ2) is 6.61. The third-order valence-corrected chi connectivity index (χ3v) is 7.40. The fourth-order valence-corrected chi connectivity index (χ4v) is 5.41. The van der Waals surface area contributed by atoms with Gasteiger partial charge in [0.2, 0.25) is 15.9 Å². The van der Waals surface area contributed by atoms with Crippen LogP contribution in [0.5, 0.6) is 0 Å².